The Labute approximate surface area is 101 Å². The third-order valence-electron chi connectivity index (χ3n) is 2.25. The maximum absolute atomic E-state index is 13.2. The van der Waals surface area contributed by atoms with Gasteiger partial charge < -0.3 is 11.1 Å². The molecule has 3 N–H and O–H groups in total. The van der Waals surface area contributed by atoms with Crippen molar-refractivity contribution < 1.29 is 9.18 Å². The quantitative estimate of drug-likeness (QED) is 0.583. The van der Waals surface area contributed by atoms with Crippen molar-refractivity contribution in [2.75, 3.05) is 13.1 Å². The maximum Gasteiger partial charge on any atom is 0.244 e. The number of halogens is 1. The highest BCUT2D eigenvalue weighted by Gasteiger charge is 1.97. The molecular weight excluding hydrogens is 219 g/mol. The highest BCUT2D eigenvalue weighted by molar-refractivity contribution is 5.91. The van der Waals surface area contributed by atoms with Crippen molar-refractivity contribution in [3.05, 3.63) is 41.7 Å². The number of carbonyl (C=O) groups is 1. The fourth-order valence-corrected chi connectivity index (χ4v) is 1.32. The lowest BCUT2D eigenvalue weighted by Crippen LogP contribution is -2.22. The average molecular weight is 236 g/mol. The predicted octanol–water partition coefficient (Wildman–Crippen LogP) is 1.69. The van der Waals surface area contributed by atoms with Gasteiger partial charge in [-0.25, -0.2) is 4.39 Å². The van der Waals surface area contributed by atoms with Crippen LogP contribution < -0.4 is 11.1 Å². The zero-order valence-corrected chi connectivity index (χ0v) is 9.66. The van der Waals surface area contributed by atoms with E-state index < -0.39 is 0 Å². The van der Waals surface area contributed by atoms with Crippen LogP contribution >= 0.6 is 0 Å². The van der Waals surface area contributed by atoms with E-state index in [1.807, 2.05) is 0 Å². The molecule has 0 bridgehead atoms. The molecule has 1 aromatic rings. The van der Waals surface area contributed by atoms with Gasteiger partial charge in [-0.15, -0.1) is 0 Å². The van der Waals surface area contributed by atoms with Crippen LogP contribution in [0.5, 0.6) is 0 Å². The lowest BCUT2D eigenvalue weighted by molar-refractivity contribution is -0.116. The molecule has 0 aromatic heterocycles. The molecule has 0 aliphatic rings. The van der Waals surface area contributed by atoms with Crippen molar-refractivity contribution in [1.29, 1.82) is 0 Å². The van der Waals surface area contributed by atoms with Gasteiger partial charge >= 0.3 is 0 Å². The Morgan fingerprint density at radius 2 is 2.12 bits per heavy atom. The molecule has 92 valence electrons. The Hall–Kier alpha value is -1.68. The van der Waals surface area contributed by atoms with Crippen LogP contribution in [0.2, 0.25) is 0 Å². The maximum atomic E-state index is 13.2. The van der Waals surface area contributed by atoms with Crippen molar-refractivity contribution in [3.8, 4) is 0 Å². The highest BCUT2D eigenvalue weighted by Crippen LogP contribution is 2.07. The van der Waals surface area contributed by atoms with E-state index in [4.69, 9.17) is 5.73 Å². The molecule has 0 atom stereocenters. The van der Waals surface area contributed by atoms with Crippen molar-refractivity contribution in [1.82, 2.24) is 5.32 Å². The Balaban J connectivity index is 2.38. The molecule has 0 saturated heterocycles. The number of hydrogen-bond donors (Lipinski definition) is 2. The second kappa shape index (κ2) is 7.57. The number of benzene rings is 1. The van der Waals surface area contributed by atoms with Gasteiger partial charge in [0.05, 0.1) is 0 Å². The molecule has 3 nitrogen and oxygen atoms in total. The van der Waals surface area contributed by atoms with Gasteiger partial charge in [-0.2, -0.15) is 0 Å². The summed E-state index contributed by atoms with van der Waals surface area (Å²) >= 11 is 0. The first-order valence-electron chi connectivity index (χ1n) is 5.64. The minimum absolute atomic E-state index is 0.217. The number of nitrogens with one attached hydrogen (secondary N) is 1. The van der Waals surface area contributed by atoms with Crippen LogP contribution in [0.4, 0.5) is 4.39 Å². The molecular formula is C13H17FN2O. The van der Waals surface area contributed by atoms with E-state index in [2.05, 4.69) is 5.32 Å². The van der Waals surface area contributed by atoms with Gasteiger partial charge in [0, 0.05) is 18.2 Å². The highest BCUT2D eigenvalue weighted by atomic mass is 19.1. The zero-order chi connectivity index (χ0) is 12.5. The van der Waals surface area contributed by atoms with Crippen molar-refractivity contribution in [2.45, 2.75) is 12.8 Å². The van der Waals surface area contributed by atoms with E-state index in [0.717, 1.165) is 12.8 Å². The number of nitrogens with two attached hydrogens (primary N) is 1. The molecule has 17 heavy (non-hydrogen) atoms. The topological polar surface area (TPSA) is 55.1 Å². The lowest BCUT2D eigenvalue weighted by atomic mass is 10.2. The fourth-order valence-electron chi connectivity index (χ4n) is 1.32. The molecule has 0 aliphatic carbocycles. The smallest absolute Gasteiger partial charge is 0.244 e. The molecule has 0 unspecified atom stereocenters. The number of carbonyl (C=O) groups excluding carboxylic acids is 1. The second-order valence-corrected chi connectivity index (χ2v) is 3.64. The molecule has 1 aromatic carbocycles. The van der Waals surface area contributed by atoms with E-state index in [1.165, 1.54) is 18.2 Å². The van der Waals surface area contributed by atoms with Gasteiger partial charge in [-0.3, -0.25) is 4.79 Å². The lowest BCUT2D eigenvalue weighted by Gasteiger charge is -2.00. The van der Waals surface area contributed by atoms with Crippen LogP contribution in [0.25, 0.3) is 6.08 Å². The summed E-state index contributed by atoms with van der Waals surface area (Å²) in [6.07, 6.45) is 4.54. The van der Waals surface area contributed by atoms with E-state index >= 15 is 0 Å². The molecule has 1 amide bonds. The largest absolute Gasteiger partial charge is 0.353 e. The molecule has 0 fully saturated rings. The van der Waals surface area contributed by atoms with E-state index in [9.17, 15) is 9.18 Å². The molecule has 0 saturated carbocycles. The third kappa shape index (κ3) is 5.26. The second-order valence-electron chi connectivity index (χ2n) is 3.64. The molecule has 1 rings (SSSR count). The van der Waals surface area contributed by atoms with Gasteiger partial charge in [-0.1, -0.05) is 18.2 Å². The van der Waals surface area contributed by atoms with Crippen LogP contribution in [0.3, 0.4) is 0 Å². The van der Waals surface area contributed by atoms with Crippen LogP contribution in [-0.2, 0) is 4.79 Å². The van der Waals surface area contributed by atoms with Gasteiger partial charge in [0.15, 0.2) is 0 Å². The number of hydrogen-bond acceptors (Lipinski definition) is 2. The average Bonchev–Trinajstić information content (AvgIpc) is 2.34. The summed E-state index contributed by atoms with van der Waals surface area (Å²) in [5.41, 5.74) is 5.74. The zero-order valence-electron chi connectivity index (χ0n) is 9.66. The third-order valence-corrected chi connectivity index (χ3v) is 2.25. The summed E-state index contributed by atoms with van der Waals surface area (Å²) in [5.74, 6) is -0.551. The van der Waals surface area contributed by atoms with Crippen LogP contribution in [-0.4, -0.2) is 19.0 Å². The summed E-state index contributed by atoms with van der Waals surface area (Å²) in [7, 11) is 0. The Kier molecular flexibility index (Phi) is 5.96. The fraction of sp³-hybridized carbons (Fsp3) is 0.308. The Morgan fingerprint density at radius 3 is 2.82 bits per heavy atom. The first-order chi connectivity index (χ1) is 8.24. The normalized spacial score (nSPS) is 10.7. The van der Waals surface area contributed by atoms with Crippen LogP contribution in [0.1, 0.15) is 18.4 Å². The van der Waals surface area contributed by atoms with Crippen molar-refractivity contribution in [2.24, 2.45) is 5.73 Å². The van der Waals surface area contributed by atoms with Gasteiger partial charge in [-0.05, 0) is 31.5 Å². The van der Waals surface area contributed by atoms with Crippen LogP contribution in [0, 0.1) is 5.82 Å². The monoisotopic (exact) mass is 236 g/mol. The summed E-state index contributed by atoms with van der Waals surface area (Å²) < 4.78 is 13.2. The first-order valence-corrected chi connectivity index (χ1v) is 5.64. The van der Waals surface area contributed by atoms with Gasteiger partial charge in [0.25, 0.3) is 0 Å². The predicted molar refractivity (Wildman–Crippen MR) is 66.7 cm³/mol. The van der Waals surface area contributed by atoms with E-state index in [-0.39, 0.29) is 11.7 Å². The SMILES string of the molecule is NCCCCNC(=O)/C=C/c1ccccc1F. The minimum atomic E-state index is -0.334. The Morgan fingerprint density at radius 1 is 1.35 bits per heavy atom. The van der Waals surface area contributed by atoms with Crippen LogP contribution in [0.15, 0.2) is 30.3 Å². The number of rotatable bonds is 6. The molecule has 0 radical (unpaired) electrons. The van der Waals surface area contributed by atoms with Gasteiger partial charge in [0.2, 0.25) is 5.91 Å². The summed E-state index contributed by atoms with van der Waals surface area (Å²) in [6.45, 7) is 1.22. The minimum Gasteiger partial charge on any atom is -0.353 e. The summed E-state index contributed by atoms with van der Waals surface area (Å²) in [5, 5.41) is 2.70. The van der Waals surface area contributed by atoms with Crippen molar-refractivity contribution >= 4 is 12.0 Å². The number of unbranched alkanes of at least 4 members (excludes halogenated alkanes) is 1. The molecule has 4 heteroatoms. The van der Waals surface area contributed by atoms with E-state index in [1.54, 1.807) is 18.2 Å². The molecule has 0 heterocycles. The number of amides is 1. The summed E-state index contributed by atoms with van der Waals surface area (Å²) in [6, 6.07) is 6.31. The van der Waals surface area contributed by atoms with Crippen molar-refractivity contribution in [3.63, 3.8) is 0 Å². The van der Waals surface area contributed by atoms with Gasteiger partial charge in [0.1, 0.15) is 5.82 Å². The summed E-state index contributed by atoms with van der Waals surface area (Å²) in [4.78, 5) is 11.3. The molecule has 0 aliphatic heterocycles. The standard InChI is InChI=1S/C13H17FN2O/c14-12-6-2-1-5-11(12)7-8-13(17)16-10-4-3-9-15/h1-2,5-8H,3-4,9-10,15H2,(H,16,17)/b8-7+. The van der Waals surface area contributed by atoms with E-state index in [0.29, 0.717) is 18.7 Å². The Bertz CT molecular complexity index is 391. The first kappa shape index (κ1) is 13.4. The molecule has 0 spiro atoms.